The fraction of sp³-hybridized carbons (Fsp3) is 0.450. The van der Waals surface area contributed by atoms with Gasteiger partial charge < -0.3 is 14.3 Å². The summed E-state index contributed by atoms with van der Waals surface area (Å²) < 4.78 is 5.21. The molecule has 6 nitrogen and oxygen atoms in total. The number of benzene rings is 1. The quantitative estimate of drug-likeness (QED) is 0.851. The zero-order valence-electron chi connectivity index (χ0n) is 15.0. The minimum Gasteiger partial charge on any atom is -0.361 e. The predicted molar refractivity (Wildman–Crippen MR) is 96.7 cm³/mol. The molecule has 0 spiro atoms. The van der Waals surface area contributed by atoms with Crippen LogP contribution in [0.15, 0.2) is 34.9 Å². The van der Waals surface area contributed by atoms with Gasteiger partial charge in [0.1, 0.15) is 18.0 Å². The third-order valence-electron chi connectivity index (χ3n) is 5.30. The molecule has 136 valence electrons. The van der Waals surface area contributed by atoms with Crippen LogP contribution in [0, 0.1) is 6.92 Å². The molecule has 0 saturated carbocycles. The highest BCUT2D eigenvalue weighted by atomic mass is 16.5. The zero-order valence-corrected chi connectivity index (χ0v) is 15.0. The Hall–Kier alpha value is -2.63. The van der Waals surface area contributed by atoms with Crippen LogP contribution in [0.2, 0.25) is 0 Å². The molecule has 2 aliphatic heterocycles. The maximum absolute atomic E-state index is 13.1. The number of carbonyl (C=O) groups is 2. The molecule has 1 saturated heterocycles. The summed E-state index contributed by atoms with van der Waals surface area (Å²) in [5, 5.41) is 4.12. The van der Waals surface area contributed by atoms with Crippen molar-refractivity contribution in [3.8, 4) is 0 Å². The number of rotatable bonds is 3. The van der Waals surface area contributed by atoms with E-state index in [1.807, 2.05) is 42.2 Å². The van der Waals surface area contributed by atoms with E-state index in [0.717, 1.165) is 48.4 Å². The van der Waals surface area contributed by atoms with Gasteiger partial charge >= 0.3 is 0 Å². The Morgan fingerprint density at radius 1 is 1.27 bits per heavy atom. The van der Waals surface area contributed by atoms with Gasteiger partial charge in [-0.1, -0.05) is 23.4 Å². The van der Waals surface area contributed by atoms with E-state index in [2.05, 4.69) is 5.16 Å². The zero-order chi connectivity index (χ0) is 18.1. The van der Waals surface area contributed by atoms with Gasteiger partial charge in [0.2, 0.25) is 11.8 Å². The number of amides is 2. The molecule has 0 aliphatic carbocycles. The molecule has 1 fully saturated rings. The second-order valence-corrected chi connectivity index (χ2v) is 7.07. The van der Waals surface area contributed by atoms with Crippen LogP contribution < -0.4 is 4.90 Å². The van der Waals surface area contributed by atoms with Crippen LogP contribution >= 0.6 is 0 Å². The third kappa shape index (κ3) is 3.11. The number of likely N-dealkylation sites (tertiary alicyclic amines) is 1. The molecule has 1 atom stereocenters. The molecule has 0 bridgehead atoms. The van der Waals surface area contributed by atoms with Crippen LogP contribution in [0.4, 0.5) is 5.69 Å². The van der Waals surface area contributed by atoms with Gasteiger partial charge in [-0.3, -0.25) is 9.59 Å². The number of piperidine rings is 1. The van der Waals surface area contributed by atoms with E-state index in [-0.39, 0.29) is 24.4 Å². The summed E-state index contributed by atoms with van der Waals surface area (Å²) in [7, 11) is 0. The normalized spacial score (nSPS) is 20.2. The highest BCUT2D eigenvalue weighted by molar-refractivity contribution is 6.01. The van der Waals surface area contributed by atoms with E-state index in [1.54, 1.807) is 4.90 Å². The summed E-state index contributed by atoms with van der Waals surface area (Å²) in [6.45, 7) is 2.64. The van der Waals surface area contributed by atoms with Gasteiger partial charge in [0.05, 0.1) is 6.04 Å². The molecule has 26 heavy (non-hydrogen) atoms. The number of hydrogen-bond acceptors (Lipinski definition) is 4. The van der Waals surface area contributed by atoms with Gasteiger partial charge in [-0.2, -0.15) is 0 Å². The summed E-state index contributed by atoms with van der Waals surface area (Å²) >= 11 is 0. The molecule has 2 amide bonds. The van der Waals surface area contributed by atoms with Crippen molar-refractivity contribution in [3.05, 3.63) is 47.3 Å². The van der Waals surface area contributed by atoms with Gasteiger partial charge in [-0.25, -0.2) is 0 Å². The van der Waals surface area contributed by atoms with E-state index in [4.69, 9.17) is 4.52 Å². The Morgan fingerprint density at radius 2 is 2.12 bits per heavy atom. The Balaban J connectivity index is 1.56. The Kier molecular flexibility index (Phi) is 4.49. The summed E-state index contributed by atoms with van der Waals surface area (Å²) in [5.74, 6) is 0.737. The van der Waals surface area contributed by atoms with Crippen LogP contribution in [0.1, 0.15) is 48.7 Å². The largest absolute Gasteiger partial charge is 0.361 e. The van der Waals surface area contributed by atoms with E-state index in [1.165, 1.54) is 0 Å². The molecular weight excluding hydrogens is 330 g/mol. The lowest BCUT2D eigenvalue weighted by atomic mass is 9.98. The number of carbonyl (C=O) groups excluding carboxylic acids is 2. The van der Waals surface area contributed by atoms with Gasteiger partial charge in [-0.15, -0.1) is 0 Å². The van der Waals surface area contributed by atoms with Gasteiger partial charge in [0.25, 0.3) is 0 Å². The maximum atomic E-state index is 13.1. The molecule has 0 radical (unpaired) electrons. The number of nitrogens with zero attached hydrogens (tertiary/aromatic N) is 3. The van der Waals surface area contributed by atoms with Crippen LogP contribution in [-0.2, 0) is 16.0 Å². The van der Waals surface area contributed by atoms with E-state index >= 15 is 0 Å². The van der Waals surface area contributed by atoms with Gasteiger partial charge in [0, 0.05) is 24.7 Å². The molecule has 3 heterocycles. The first kappa shape index (κ1) is 16.8. The molecule has 4 rings (SSSR count). The highest BCUT2D eigenvalue weighted by Crippen LogP contribution is 2.32. The maximum Gasteiger partial charge on any atom is 0.243 e. The van der Waals surface area contributed by atoms with Gasteiger partial charge in [-0.05, 0) is 44.2 Å². The Labute approximate surface area is 152 Å². The van der Waals surface area contributed by atoms with Crippen molar-refractivity contribution in [3.63, 3.8) is 0 Å². The van der Waals surface area contributed by atoms with Gasteiger partial charge in [0.15, 0.2) is 0 Å². The Bertz CT molecular complexity index is 829. The van der Waals surface area contributed by atoms with Crippen molar-refractivity contribution >= 4 is 17.5 Å². The first-order valence-electron chi connectivity index (χ1n) is 9.24. The van der Waals surface area contributed by atoms with E-state index in [9.17, 15) is 9.59 Å². The first-order chi connectivity index (χ1) is 12.6. The smallest absolute Gasteiger partial charge is 0.243 e. The lowest BCUT2D eigenvalue weighted by molar-refractivity contribution is -0.135. The number of anilines is 1. The van der Waals surface area contributed by atoms with Crippen molar-refractivity contribution in [2.45, 2.75) is 45.1 Å². The standard InChI is InChI=1S/C20H23N3O3/c1-14-12-16(21-26-14)18-8-4-5-11-22(18)20(25)13-23-17-7-3-2-6-15(17)9-10-19(23)24/h2-3,6-7,12,18H,4-5,8-11,13H2,1H3/t18-/m1/s1. The van der Waals surface area contributed by atoms with Crippen molar-refractivity contribution in [1.82, 2.24) is 10.1 Å². The molecule has 6 heteroatoms. The third-order valence-corrected chi connectivity index (χ3v) is 5.30. The number of para-hydroxylation sites is 1. The number of hydrogen-bond donors (Lipinski definition) is 0. The fourth-order valence-electron chi connectivity index (χ4n) is 3.98. The van der Waals surface area contributed by atoms with Crippen molar-refractivity contribution in [2.75, 3.05) is 18.0 Å². The van der Waals surface area contributed by atoms with E-state index < -0.39 is 0 Å². The van der Waals surface area contributed by atoms with Crippen molar-refractivity contribution in [1.29, 1.82) is 0 Å². The highest BCUT2D eigenvalue weighted by Gasteiger charge is 2.33. The number of fused-ring (bicyclic) bond motifs is 1. The SMILES string of the molecule is Cc1cc([C@H]2CCCCN2C(=O)CN2C(=O)CCc3ccccc32)no1. The van der Waals surface area contributed by atoms with Crippen LogP contribution in [0.3, 0.4) is 0 Å². The average Bonchev–Trinajstić information content (AvgIpc) is 3.10. The summed E-state index contributed by atoms with van der Waals surface area (Å²) in [5.41, 5.74) is 2.80. The molecule has 2 aliphatic rings. The number of aromatic nitrogens is 1. The summed E-state index contributed by atoms with van der Waals surface area (Å²) in [6, 6.07) is 9.68. The average molecular weight is 353 g/mol. The second kappa shape index (κ2) is 6.94. The van der Waals surface area contributed by atoms with Crippen LogP contribution in [0.25, 0.3) is 0 Å². The molecule has 0 N–H and O–H groups in total. The predicted octanol–water partition coefficient (Wildman–Crippen LogP) is 3.02. The topological polar surface area (TPSA) is 66.7 Å². The van der Waals surface area contributed by atoms with Crippen LogP contribution in [0.5, 0.6) is 0 Å². The molecule has 1 aromatic carbocycles. The minimum atomic E-state index is -0.0659. The van der Waals surface area contributed by atoms with Crippen LogP contribution in [-0.4, -0.2) is 35.0 Å². The first-order valence-corrected chi connectivity index (χ1v) is 9.24. The van der Waals surface area contributed by atoms with Crippen molar-refractivity contribution in [2.24, 2.45) is 0 Å². The lowest BCUT2D eigenvalue weighted by Crippen LogP contribution is -2.47. The molecule has 0 unspecified atom stereocenters. The lowest BCUT2D eigenvalue weighted by Gasteiger charge is -2.37. The molecule has 2 aromatic rings. The van der Waals surface area contributed by atoms with Crippen molar-refractivity contribution < 1.29 is 14.1 Å². The summed E-state index contributed by atoms with van der Waals surface area (Å²) in [6.07, 6.45) is 4.11. The molecule has 1 aromatic heterocycles. The Morgan fingerprint density at radius 3 is 2.92 bits per heavy atom. The number of aryl methyl sites for hydroxylation is 2. The summed E-state index contributed by atoms with van der Waals surface area (Å²) in [4.78, 5) is 29.0. The fourth-order valence-corrected chi connectivity index (χ4v) is 3.98. The van der Waals surface area contributed by atoms with E-state index in [0.29, 0.717) is 13.0 Å². The second-order valence-electron chi connectivity index (χ2n) is 7.07. The monoisotopic (exact) mass is 353 g/mol. The minimum absolute atomic E-state index is 0.0166. The molecular formula is C20H23N3O3.